The lowest BCUT2D eigenvalue weighted by Gasteiger charge is -2.13. The molecule has 3 aromatic rings. The fourth-order valence-corrected chi connectivity index (χ4v) is 9.85. The molecule has 0 fully saturated rings. The second-order valence-corrected chi connectivity index (χ2v) is 21.8. The van der Waals surface area contributed by atoms with Crippen molar-refractivity contribution in [3.63, 3.8) is 0 Å². The maximum Gasteiger partial charge on any atom is 0.162 e. The van der Waals surface area contributed by atoms with E-state index in [2.05, 4.69) is 63.4 Å². The smallest absolute Gasteiger partial charge is 0.162 e. The highest BCUT2D eigenvalue weighted by molar-refractivity contribution is 5.59. The Morgan fingerprint density at radius 1 is 0.263 bits per heavy atom. The lowest BCUT2D eigenvalue weighted by molar-refractivity contribution is 0.258. The van der Waals surface area contributed by atoms with Crippen LogP contribution in [0.25, 0.3) is 0 Å². The van der Waals surface area contributed by atoms with Gasteiger partial charge in [0, 0.05) is 27.8 Å². The molecule has 0 heterocycles. The van der Waals surface area contributed by atoms with Gasteiger partial charge in [0.05, 0.1) is 26.4 Å². The standard InChI is InChI=1S/C72H110O4/c1-6-11-15-19-23-27-31-35-39-43-57-73-69-55-50-65(62-71(69)75-59-45-41-37-33-29-25-21-17-13-8-3)48-53-67-52-47-64(10-5)61-68(67)54-49-66-51-56-70(74-58-44-40-36-32-28-24-20-16-12-7-2)72(63-66)76-60-46-42-38-34-30-26-22-18-14-9-4/h5,47,50-52,55-56,61-63H,6-9,11-46,57-60H2,1-4H3. The highest BCUT2D eigenvalue weighted by Gasteiger charge is 2.10. The minimum Gasteiger partial charge on any atom is -0.490 e. The van der Waals surface area contributed by atoms with E-state index in [-0.39, 0.29) is 0 Å². The molecule has 422 valence electrons. The molecule has 0 aliphatic heterocycles. The maximum atomic E-state index is 6.48. The van der Waals surface area contributed by atoms with E-state index >= 15 is 0 Å². The highest BCUT2D eigenvalue weighted by Crippen LogP contribution is 2.31. The molecule has 0 spiro atoms. The van der Waals surface area contributed by atoms with Crippen molar-refractivity contribution >= 4 is 0 Å². The van der Waals surface area contributed by atoms with E-state index in [0.717, 1.165) is 76.5 Å². The van der Waals surface area contributed by atoms with E-state index in [0.29, 0.717) is 26.4 Å². The summed E-state index contributed by atoms with van der Waals surface area (Å²) in [7, 11) is 0. The minimum absolute atomic E-state index is 0.671. The normalized spacial score (nSPS) is 10.9. The van der Waals surface area contributed by atoms with Crippen LogP contribution in [0.2, 0.25) is 0 Å². The number of hydrogen-bond acceptors (Lipinski definition) is 4. The van der Waals surface area contributed by atoms with Gasteiger partial charge in [-0.05, 0) is 80.3 Å². The van der Waals surface area contributed by atoms with Gasteiger partial charge in [0.25, 0.3) is 0 Å². The van der Waals surface area contributed by atoms with Gasteiger partial charge in [0.1, 0.15) is 0 Å². The van der Waals surface area contributed by atoms with Gasteiger partial charge in [-0.1, -0.05) is 288 Å². The number of unbranched alkanes of at least 4 members (excludes halogenated alkanes) is 36. The van der Waals surface area contributed by atoms with Crippen molar-refractivity contribution in [2.45, 2.75) is 285 Å². The third-order valence-corrected chi connectivity index (χ3v) is 14.8. The Hall–Kier alpha value is -4.46. The van der Waals surface area contributed by atoms with Gasteiger partial charge in [0.15, 0.2) is 23.0 Å². The molecule has 0 aromatic heterocycles. The summed E-state index contributed by atoms with van der Waals surface area (Å²) in [6, 6.07) is 18.2. The Kier molecular flexibility index (Phi) is 41.3. The van der Waals surface area contributed by atoms with Crippen LogP contribution >= 0.6 is 0 Å². The quantitative estimate of drug-likeness (QED) is 0.0417. The van der Waals surface area contributed by atoms with Crippen LogP contribution in [-0.2, 0) is 0 Å². The molecule has 0 bridgehead atoms. The summed E-state index contributed by atoms with van der Waals surface area (Å²) in [6.07, 6.45) is 57.8. The zero-order chi connectivity index (χ0) is 54.0. The van der Waals surface area contributed by atoms with Crippen LogP contribution in [0, 0.1) is 36.0 Å². The second kappa shape index (κ2) is 47.7. The zero-order valence-electron chi connectivity index (χ0n) is 49.5. The molecule has 0 amide bonds. The third kappa shape index (κ3) is 33.6. The van der Waals surface area contributed by atoms with E-state index in [1.165, 1.54) is 231 Å². The summed E-state index contributed by atoms with van der Waals surface area (Å²) in [6.45, 7) is 11.9. The molecule has 76 heavy (non-hydrogen) atoms. The summed E-state index contributed by atoms with van der Waals surface area (Å²) in [5.74, 6) is 19.7. The molecule has 3 rings (SSSR count). The van der Waals surface area contributed by atoms with Gasteiger partial charge >= 0.3 is 0 Å². The molecule has 0 aliphatic carbocycles. The van der Waals surface area contributed by atoms with Crippen LogP contribution < -0.4 is 18.9 Å². The molecule has 4 nitrogen and oxygen atoms in total. The molecule has 0 unspecified atom stereocenters. The SMILES string of the molecule is C#Cc1ccc(C#Cc2ccc(OCCCCCCCCCCCC)c(OCCCCCCCCCCCC)c2)c(C#Cc2ccc(OCCCCCCCCCCCC)c(OCCCCCCCCCCCC)c2)c1. The monoisotopic (exact) mass is 1040 g/mol. The van der Waals surface area contributed by atoms with Gasteiger partial charge in [-0.15, -0.1) is 6.42 Å². The van der Waals surface area contributed by atoms with E-state index in [4.69, 9.17) is 25.4 Å². The van der Waals surface area contributed by atoms with Crippen molar-refractivity contribution in [3.8, 4) is 59.0 Å². The first-order chi connectivity index (χ1) is 37.6. The van der Waals surface area contributed by atoms with E-state index in [1.54, 1.807) is 0 Å². The summed E-state index contributed by atoms with van der Waals surface area (Å²) < 4.78 is 25.7. The Morgan fingerprint density at radius 2 is 0.526 bits per heavy atom. The van der Waals surface area contributed by atoms with Crippen molar-refractivity contribution in [2.24, 2.45) is 0 Å². The number of rotatable bonds is 48. The Morgan fingerprint density at radius 3 is 0.829 bits per heavy atom. The molecular formula is C72H110O4. The lowest BCUT2D eigenvalue weighted by atomic mass is 10.0. The molecule has 0 saturated heterocycles. The predicted molar refractivity (Wildman–Crippen MR) is 329 cm³/mol. The lowest BCUT2D eigenvalue weighted by Crippen LogP contribution is -2.03. The first-order valence-corrected chi connectivity index (χ1v) is 32.1. The van der Waals surface area contributed by atoms with Crippen LogP contribution in [0.15, 0.2) is 54.6 Å². The summed E-state index contributed by atoms with van der Waals surface area (Å²) in [5, 5.41) is 0. The van der Waals surface area contributed by atoms with E-state index in [9.17, 15) is 0 Å². The van der Waals surface area contributed by atoms with E-state index < -0.39 is 0 Å². The van der Waals surface area contributed by atoms with Crippen LogP contribution in [0.1, 0.15) is 312 Å². The molecule has 0 atom stereocenters. The van der Waals surface area contributed by atoms with Crippen molar-refractivity contribution in [1.82, 2.24) is 0 Å². The van der Waals surface area contributed by atoms with Gasteiger partial charge in [0.2, 0.25) is 0 Å². The molecule has 0 aliphatic rings. The molecule has 0 saturated carbocycles. The molecule has 0 radical (unpaired) electrons. The van der Waals surface area contributed by atoms with Gasteiger partial charge < -0.3 is 18.9 Å². The summed E-state index contributed by atoms with van der Waals surface area (Å²) >= 11 is 0. The largest absolute Gasteiger partial charge is 0.490 e. The van der Waals surface area contributed by atoms with E-state index in [1.807, 2.05) is 48.5 Å². The number of hydrogen-bond donors (Lipinski definition) is 0. The number of benzene rings is 3. The van der Waals surface area contributed by atoms with Crippen molar-refractivity contribution in [2.75, 3.05) is 26.4 Å². The third-order valence-electron chi connectivity index (χ3n) is 14.8. The van der Waals surface area contributed by atoms with Crippen LogP contribution in [0.3, 0.4) is 0 Å². The maximum absolute atomic E-state index is 6.48. The average molecular weight is 1040 g/mol. The Balaban J connectivity index is 1.71. The van der Waals surface area contributed by atoms with Gasteiger partial charge in [-0.25, -0.2) is 0 Å². The first-order valence-electron chi connectivity index (χ1n) is 32.1. The summed E-state index contributed by atoms with van der Waals surface area (Å²) in [4.78, 5) is 0. The predicted octanol–water partition coefficient (Wildman–Crippen LogP) is 21.7. The second-order valence-electron chi connectivity index (χ2n) is 21.8. The van der Waals surface area contributed by atoms with Gasteiger partial charge in [-0.3, -0.25) is 0 Å². The minimum atomic E-state index is 0.671. The van der Waals surface area contributed by atoms with Crippen LogP contribution in [-0.4, -0.2) is 26.4 Å². The average Bonchev–Trinajstić information content (AvgIpc) is 3.44. The van der Waals surface area contributed by atoms with Crippen LogP contribution in [0.4, 0.5) is 0 Å². The van der Waals surface area contributed by atoms with Gasteiger partial charge in [-0.2, -0.15) is 0 Å². The molecule has 4 heteroatoms. The van der Waals surface area contributed by atoms with Crippen molar-refractivity contribution < 1.29 is 18.9 Å². The molecular weight excluding hydrogens is 929 g/mol. The number of ether oxygens (including phenoxy) is 4. The van der Waals surface area contributed by atoms with Crippen molar-refractivity contribution in [3.05, 3.63) is 82.4 Å². The highest BCUT2D eigenvalue weighted by atomic mass is 16.5. The van der Waals surface area contributed by atoms with Crippen molar-refractivity contribution in [1.29, 1.82) is 0 Å². The zero-order valence-corrected chi connectivity index (χ0v) is 49.5. The molecule has 3 aromatic carbocycles. The number of terminal acetylenes is 1. The fourth-order valence-electron chi connectivity index (χ4n) is 9.85. The Bertz CT molecular complexity index is 2030. The molecule has 0 N–H and O–H groups in total. The van der Waals surface area contributed by atoms with Crippen LogP contribution in [0.5, 0.6) is 23.0 Å². The fraction of sp³-hybridized carbons (Fsp3) is 0.667. The Labute approximate surface area is 469 Å². The first kappa shape index (κ1) is 65.8. The summed E-state index contributed by atoms with van der Waals surface area (Å²) in [5.41, 5.74) is 4.15. The topological polar surface area (TPSA) is 36.9 Å².